The quantitative estimate of drug-likeness (QED) is 0.805. The molecule has 4 nitrogen and oxygen atoms in total. The van der Waals surface area contributed by atoms with Gasteiger partial charge >= 0.3 is 0 Å². The first-order valence-electron chi connectivity index (χ1n) is 5.40. The number of anilines is 2. The highest BCUT2D eigenvalue weighted by Gasteiger charge is 2.07. The van der Waals surface area contributed by atoms with Crippen molar-refractivity contribution >= 4 is 23.4 Å². The number of halogens is 1. The SMILES string of the molecule is CC(Cl)CC(C)Nc1ccnc(N(C)C)n1. The highest BCUT2D eigenvalue weighted by atomic mass is 35.5. The molecule has 0 aliphatic carbocycles. The molecule has 0 aliphatic rings. The van der Waals surface area contributed by atoms with Crippen LogP contribution in [0.5, 0.6) is 0 Å². The van der Waals surface area contributed by atoms with Crippen molar-refractivity contribution < 1.29 is 0 Å². The summed E-state index contributed by atoms with van der Waals surface area (Å²) in [6.07, 6.45) is 2.66. The molecule has 2 atom stereocenters. The minimum atomic E-state index is 0.164. The Hall–Kier alpha value is -1.03. The molecular formula is C11H19ClN4. The minimum absolute atomic E-state index is 0.164. The number of nitrogens with zero attached hydrogens (tertiary/aromatic N) is 3. The Morgan fingerprint density at radius 1 is 1.44 bits per heavy atom. The average molecular weight is 243 g/mol. The average Bonchev–Trinajstić information content (AvgIpc) is 2.16. The zero-order chi connectivity index (χ0) is 12.1. The molecule has 5 heteroatoms. The van der Waals surface area contributed by atoms with E-state index >= 15 is 0 Å². The van der Waals surface area contributed by atoms with Gasteiger partial charge in [-0.15, -0.1) is 11.6 Å². The van der Waals surface area contributed by atoms with Crippen molar-refractivity contribution in [2.24, 2.45) is 0 Å². The Morgan fingerprint density at radius 2 is 2.12 bits per heavy atom. The normalized spacial score (nSPS) is 14.3. The third-order valence-corrected chi connectivity index (χ3v) is 2.29. The summed E-state index contributed by atoms with van der Waals surface area (Å²) in [6, 6.07) is 2.17. The molecule has 0 saturated carbocycles. The molecule has 0 radical (unpaired) electrons. The van der Waals surface area contributed by atoms with Crippen LogP contribution in [-0.4, -0.2) is 35.5 Å². The van der Waals surface area contributed by atoms with Gasteiger partial charge in [0.1, 0.15) is 5.82 Å². The lowest BCUT2D eigenvalue weighted by Gasteiger charge is -2.17. The van der Waals surface area contributed by atoms with Crippen LogP contribution in [0, 0.1) is 0 Å². The summed E-state index contributed by atoms with van der Waals surface area (Å²) in [4.78, 5) is 10.4. The fourth-order valence-corrected chi connectivity index (χ4v) is 1.71. The van der Waals surface area contributed by atoms with Crippen LogP contribution in [-0.2, 0) is 0 Å². The number of hydrogen-bond acceptors (Lipinski definition) is 4. The van der Waals surface area contributed by atoms with Crippen LogP contribution in [0.4, 0.5) is 11.8 Å². The molecule has 90 valence electrons. The Kier molecular flexibility index (Phi) is 4.80. The third kappa shape index (κ3) is 4.23. The van der Waals surface area contributed by atoms with Crippen molar-refractivity contribution in [2.45, 2.75) is 31.7 Å². The van der Waals surface area contributed by atoms with Crippen molar-refractivity contribution in [3.05, 3.63) is 12.3 Å². The van der Waals surface area contributed by atoms with Gasteiger partial charge in [0.2, 0.25) is 5.95 Å². The minimum Gasteiger partial charge on any atom is -0.367 e. The maximum atomic E-state index is 5.94. The van der Waals surface area contributed by atoms with Crippen LogP contribution >= 0.6 is 11.6 Å². The molecule has 0 amide bonds. The highest BCUT2D eigenvalue weighted by molar-refractivity contribution is 6.20. The van der Waals surface area contributed by atoms with Gasteiger partial charge < -0.3 is 10.2 Å². The second kappa shape index (κ2) is 5.89. The largest absolute Gasteiger partial charge is 0.367 e. The molecule has 16 heavy (non-hydrogen) atoms. The van der Waals surface area contributed by atoms with Gasteiger partial charge in [-0.3, -0.25) is 0 Å². The molecule has 1 N–H and O–H groups in total. The van der Waals surface area contributed by atoms with E-state index < -0.39 is 0 Å². The smallest absolute Gasteiger partial charge is 0.226 e. The second-order valence-corrected chi connectivity index (χ2v) is 4.94. The van der Waals surface area contributed by atoms with Crippen LogP contribution in [0.25, 0.3) is 0 Å². The standard InChI is InChI=1S/C11H19ClN4/c1-8(12)7-9(2)14-10-5-6-13-11(15-10)16(3)4/h5-6,8-9H,7H2,1-4H3,(H,13,14,15). The molecule has 0 aliphatic heterocycles. The Labute approximate surface area is 102 Å². The van der Waals surface area contributed by atoms with Crippen molar-refractivity contribution in [3.8, 4) is 0 Å². The van der Waals surface area contributed by atoms with E-state index in [1.165, 1.54) is 0 Å². The van der Waals surface area contributed by atoms with E-state index in [4.69, 9.17) is 11.6 Å². The number of rotatable bonds is 5. The summed E-state index contributed by atoms with van der Waals surface area (Å²) in [5.74, 6) is 1.54. The second-order valence-electron chi connectivity index (χ2n) is 4.20. The van der Waals surface area contributed by atoms with Crippen molar-refractivity contribution in [3.63, 3.8) is 0 Å². The first-order chi connectivity index (χ1) is 7.49. The molecule has 0 aromatic carbocycles. The van der Waals surface area contributed by atoms with E-state index in [0.29, 0.717) is 12.0 Å². The summed E-state index contributed by atoms with van der Waals surface area (Å²) < 4.78 is 0. The van der Waals surface area contributed by atoms with E-state index in [0.717, 1.165) is 12.2 Å². The van der Waals surface area contributed by atoms with Gasteiger partial charge in [0.25, 0.3) is 0 Å². The van der Waals surface area contributed by atoms with Gasteiger partial charge in [0.05, 0.1) is 0 Å². The van der Waals surface area contributed by atoms with Gasteiger partial charge in [-0.25, -0.2) is 4.98 Å². The first-order valence-corrected chi connectivity index (χ1v) is 5.83. The number of alkyl halides is 1. The topological polar surface area (TPSA) is 41.1 Å². The maximum absolute atomic E-state index is 5.94. The van der Waals surface area contributed by atoms with Crippen LogP contribution < -0.4 is 10.2 Å². The van der Waals surface area contributed by atoms with Crippen LogP contribution in [0.1, 0.15) is 20.3 Å². The Balaban J connectivity index is 2.63. The number of nitrogens with one attached hydrogen (secondary N) is 1. The molecule has 1 aromatic heterocycles. The van der Waals surface area contributed by atoms with Crippen LogP contribution in [0.3, 0.4) is 0 Å². The summed E-state index contributed by atoms with van der Waals surface area (Å²) in [5.41, 5.74) is 0. The zero-order valence-corrected chi connectivity index (χ0v) is 11.0. The highest BCUT2D eigenvalue weighted by Crippen LogP contribution is 2.12. The lowest BCUT2D eigenvalue weighted by Crippen LogP contribution is -2.20. The fourth-order valence-electron chi connectivity index (χ4n) is 1.44. The molecule has 0 bridgehead atoms. The van der Waals surface area contributed by atoms with Crippen LogP contribution in [0.15, 0.2) is 12.3 Å². The molecule has 1 aromatic rings. The lowest BCUT2D eigenvalue weighted by atomic mass is 10.2. The van der Waals surface area contributed by atoms with Gasteiger partial charge in [0.15, 0.2) is 0 Å². The lowest BCUT2D eigenvalue weighted by molar-refractivity contribution is 0.693. The first kappa shape index (κ1) is 13.0. The summed E-state index contributed by atoms with van der Waals surface area (Å²) in [7, 11) is 3.84. The van der Waals surface area contributed by atoms with E-state index in [1.807, 2.05) is 32.0 Å². The molecule has 0 spiro atoms. The maximum Gasteiger partial charge on any atom is 0.226 e. The van der Waals surface area contributed by atoms with Gasteiger partial charge in [-0.05, 0) is 26.3 Å². The van der Waals surface area contributed by atoms with Crippen molar-refractivity contribution in [1.82, 2.24) is 9.97 Å². The van der Waals surface area contributed by atoms with Gasteiger partial charge in [-0.1, -0.05) is 0 Å². The summed E-state index contributed by atoms with van der Waals surface area (Å²) >= 11 is 5.94. The van der Waals surface area contributed by atoms with Crippen molar-refractivity contribution in [1.29, 1.82) is 0 Å². The van der Waals surface area contributed by atoms with E-state index in [9.17, 15) is 0 Å². The molecule has 1 heterocycles. The number of hydrogen-bond donors (Lipinski definition) is 1. The molecule has 0 fully saturated rings. The zero-order valence-electron chi connectivity index (χ0n) is 10.2. The molecular weight excluding hydrogens is 224 g/mol. The summed E-state index contributed by atoms with van der Waals surface area (Å²) in [6.45, 7) is 4.08. The fraction of sp³-hybridized carbons (Fsp3) is 0.636. The monoisotopic (exact) mass is 242 g/mol. The third-order valence-electron chi connectivity index (χ3n) is 2.12. The van der Waals surface area contributed by atoms with Crippen molar-refractivity contribution in [2.75, 3.05) is 24.3 Å². The Bertz CT molecular complexity index is 328. The molecule has 1 rings (SSSR count). The van der Waals surface area contributed by atoms with Gasteiger partial charge in [0, 0.05) is 31.7 Å². The van der Waals surface area contributed by atoms with Crippen LogP contribution in [0.2, 0.25) is 0 Å². The van der Waals surface area contributed by atoms with Gasteiger partial charge in [-0.2, -0.15) is 4.98 Å². The molecule has 0 saturated heterocycles. The Morgan fingerprint density at radius 3 is 2.69 bits per heavy atom. The predicted octanol–water partition coefficient (Wildman–Crippen LogP) is 2.36. The molecule has 2 unspecified atom stereocenters. The van der Waals surface area contributed by atoms with E-state index in [2.05, 4.69) is 22.2 Å². The van der Waals surface area contributed by atoms with E-state index in [-0.39, 0.29) is 5.38 Å². The van der Waals surface area contributed by atoms with E-state index in [1.54, 1.807) is 6.20 Å². The predicted molar refractivity (Wildman–Crippen MR) is 69.4 cm³/mol. The number of aromatic nitrogens is 2. The summed E-state index contributed by atoms with van der Waals surface area (Å²) in [5, 5.41) is 3.47.